The molecule has 3 heterocycles. The van der Waals surface area contributed by atoms with Crippen LogP contribution in [0.25, 0.3) is 21.6 Å². The Morgan fingerprint density at radius 1 is 1.13 bits per heavy atom. The van der Waals surface area contributed by atoms with Crippen LogP contribution in [0, 0.1) is 13.8 Å². The number of rotatable bonds is 5. The van der Waals surface area contributed by atoms with E-state index in [-0.39, 0.29) is 11.8 Å². The number of carbonyl (C=O) groups is 2. The molecule has 0 fully saturated rings. The molecule has 0 atom stereocenters. The highest BCUT2D eigenvalue weighted by Gasteiger charge is 2.20. The van der Waals surface area contributed by atoms with Crippen LogP contribution < -0.4 is 10.6 Å². The molecule has 1 aromatic carbocycles. The molecule has 7 nitrogen and oxygen atoms in total. The molecule has 2 N–H and O–H groups in total. The number of aryl methyl sites for hydroxylation is 3. The van der Waals surface area contributed by atoms with E-state index in [2.05, 4.69) is 15.7 Å². The predicted octanol–water partition coefficient (Wildman–Crippen LogP) is 4.32. The SMILES string of the molecule is CCNC(=O)c1ccc(C)c(NC(=O)c2cc(-c3cccs3)nc3c2c(C)nn3C)c1. The van der Waals surface area contributed by atoms with E-state index in [9.17, 15) is 9.59 Å². The summed E-state index contributed by atoms with van der Waals surface area (Å²) in [6.07, 6.45) is 0. The molecule has 0 spiro atoms. The van der Waals surface area contributed by atoms with Crippen LogP contribution >= 0.6 is 11.3 Å². The maximum atomic E-state index is 13.4. The second kappa shape index (κ2) is 8.31. The van der Waals surface area contributed by atoms with Gasteiger partial charge in [0, 0.05) is 24.8 Å². The number of amides is 2. The van der Waals surface area contributed by atoms with Crippen molar-refractivity contribution < 1.29 is 9.59 Å². The summed E-state index contributed by atoms with van der Waals surface area (Å²) in [6, 6.07) is 11.0. The average Bonchev–Trinajstić information content (AvgIpc) is 3.38. The van der Waals surface area contributed by atoms with Gasteiger partial charge < -0.3 is 10.6 Å². The van der Waals surface area contributed by atoms with Crippen molar-refractivity contribution >= 4 is 39.9 Å². The van der Waals surface area contributed by atoms with E-state index >= 15 is 0 Å². The Balaban J connectivity index is 1.78. The lowest BCUT2D eigenvalue weighted by Gasteiger charge is -2.12. The third kappa shape index (κ3) is 3.94. The maximum absolute atomic E-state index is 13.4. The van der Waals surface area contributed by atoms with Crippen molar-refractivity contribution in [3.05, 3.63) is 64.2 Å². The van der Waals surface area contributed by atoms with Crippen molar-refractivity contribution in [1.82, 2.24) is 20.1 Å². The van der Waals surface area contributed by atoms with Gasteiger partial charge in [-0.1, -0.05) is 12.1 Å². The molecule has 4 rings (SSSR count). The Morgan fingerprint density at radius 2 is 1.94 bits per heavy atom. The third-order valence-corrected chi connectivity index (χ3v) is 5.96. The number of hydrogen-bond acceptors (Lipinski definition) is 5. The average molecular weight is 434 g/mol. The van der Waals surface area contributed by atoms with Gasteiger partial charge in [0.25, 0.3) is 11.8 Å². The molecular formula is C23H23N5O2S. The van der Waals surface area contributed by atoms with Gasteiger partial charge in [0.2, 0.25) is 0 Å². The van der Waals surface area contributed by atoms with Crippen LogP contribution in [-0.4, -0.2) is 33.1 Å². The molecule has 31 heavy (non-hydrogen) atoms. The van der Waals surface area contributed by atoms with Crippen molar-refractivity contribution in [2.24, 2.45) is 7.05 Å². The molecule has 8 heteroatoms. The van der Waals surface area contributed by atoms with E-state index < -0.39 is 0 Å². The summed E-state index contributed by atoms with van der Waals surface area (Å²) >= 11 is 1.57. The second-order valence-corrected chi connectivity index (χ2v) is 8.23. The molecule has 0 saturated carbocycles. The Morgan fingerprint density at radius 3 is 2.65 bits per heavy atom. The standard InChI is InChI=1S/C23H23N5O2S/c1-5-24-22(29)15-9-8-13(2)17(11-15)26-23(30)16-12-18(19-7-6-10-31-19)25-21-20(16)14(3)27-28(21)4/h6-12H,5H2,1-4H3,(H,24,29)(H,26,30). The number of aromatic nitrogens is 3. The Labute approximate surface area is 184 Å². The van der Waals surface area contributed by atoms with Gasteiger partial charge >= 0.3 is 0 Å². The van der Waals surface area contributed by atoms with Gasteiger partial charge in [-0.25, -0.2) is 4.98 Å². The van der Waals surface area contributed by atoms with E-state index in [1.54, 1.807) is 34.2 Å². The van der Waals surface area contributed by atoms with Crippen LogP contribution in [0.4, 0.5) is 5.69 Å². The van der Waals surface area contributed by atoms with Crippen molar-refractivity contribution in [1.29, 1.82) is 0 Å². The van der Waals surface area contributed by atoms with E-state index in [1.807, 2.05) is 51.4 Å². The van der Waals surface area contributed by atoms with E-state index in [1.165, 1.54) is 0 Å². The van der Waals surface area contributed by atoms with Crippen molar-refractivity contribution in [2.75, 3.05) is 11.9 Å². The van der Waals surface area contributed by atoms with E-state index in [0.29, 0.717) is 29.0 Å². The maximum Gasteiger partial charge on any atom is 0.256 e. The first-order chi connectivity index (χ1) is 14.9. The van der Waals surface area contributed by atoms with Crippen molar-refractivity contribution in [2.45, 2.75) is 20.8 Å². The Bertz CT molecular complexity index is 1290. The number of thiophene rings is 1. The first-order valence-corrected chi connectivity index (χ1v) is 10.9. The highest BCUT2D eigenvalue weighted by molar-refractivity contribution is 7.13. The summed E-state index contributed by atoms with van der Waals surface area (Å²) < 4.78 is 1.69. The third-order valence-electron chi connectivity index (χ3n) is 5.07. The number of anilines is 1. The largest absolute Gasteiger partial charge is 0.352 e. The summed E-state index contributed by atoms with van der Waals surface area (Å²) in [5, 5.41) is 12.9. The van der Waals surface area contributed by atoms with Crippen LogP contribution in [0.2, 0.25) is 0 Å². The van der Waals surface area contributed by atoms with Crippen LogP contribution in [-0.2, 0) is 7.05 Å². The molecule has 0 radical (unpaired) electrons. The molecular weight excluding hydrogens is 410 g/mol. The highest BCUT2D eigenvalue weighted by atomic mass is 32.1. The van der Waals surface area contributed by atoms with Crippen LogP contribution in [0.1, 0.15) is 38.9 Å². The van der Waals surface area contributed by atoms with Gasteiger partial charge in [-0.05, 0) is 56.0 Å². The number of nitrogens with zero attached hydrogens (tertiary/aromatic N) is 3. The monoisotopic (exact) mass is 433 g/mol. The van der Waals surface area contributed by atoms with E-state index in [4.69, 9.17) is 4.98 Å². The molecule has 0 aliphatic heterocycles. The fourth-order valence-corrected chi connectivity index (χ4v) is 4.21. The predicted molar refractivity (Wildman–Crippen MR) is 124 cm³/mol. The minimum absolute atomic E-state index is 0.174. The van der Waals surface area contributed by atoms with Gasteiger partial charge in [0.05, 0.1) is 27.2 Å². The van der Waals surface area contributed by atoms with Gasteiger partial charge in [-0.3, -0.25) is 14.3 Å². The minimum atomic E-state index is -0.266. The summed E-state index contributed by atoms with van der Waals surface area (Å²) in [5.74, 6) is -0.440. The molecule has 2 amide bonds. The zero-order valence-electron chi connectivity index (χ0n) is 17.8. The van der Waals surface area contributed by atoms with Gasteiger partial charge in [0.15, 0.2) is 5.65 Å². The van der Waals surface area contributed by atoms with Crippen molar-refractivity contribution in [3.8, 4) is 10.6 Å². The Hall–Kier alpha value is -3.52. The quantitative estimate of drug-likeness (QED) is 0.491. The molecule has 3 aromatic heterocycles. The fourth-order valence-electron chi connectivity index (χ4n) is 3.52. The fraction of sp³-hybridized carbons (Fsp3) is 0.217. The lowest BCUT2D eigenvalue weighted by molar-refractivity contribution is 0.0954. The van der Waals surface area contributed by atoms with Crippen LogP contribution in [0.5, 0.6) is 0 Å². The summed E-state index contributed by atoms with van der Waals surface area (Å²) in [5.41, 5.74) is 4.58. The van der Waals surface area contributed by atoms with E-state index in [0.717, 1.165) is 27.2 Å². The number of pyridine rings is 1. The number of hydrogen-bond donors (Lipinski definition) is 2. The summed E-state index contributed by atoms with van der Waals surface area (Å²) in [7, 11) is 1.82. The number of fused-ring (bicyclic) bond motifs is 1. The van der Waals surface area contributed by atoms with Crippen molar-refractivity contribution in [3.63, 3.8) is 0 Å². The number of carbonyl (C=O) groups excluding carboxylic acids is 2. The topological polar surface area (TPSA) is 88.9 Å². The molecule has 4 aromatic rings. The number of nitrogens with one attached hydrogen (secondary N) is 2. The first kappa shape index (κ1) is 20.7. The highest BCUT2D eigenvalue weighted by Crippen LogP contribution is 2.30. The smallest absolute Gasteiger partial charge is 0.256 e. The summed E-state index contributed by atoms with van der Waals surface area (Å²) in [4.78, 5) is 31.3. The van der Waals surface area contributed by atoms with Gasteiger partial charge in [-0.15, -0.1) is 11.3 Å². The zero-order valence-corrected chi connectivity index (χ0v) is 18.6. The minimum Gasteiger partial charge on any atom is -0.352 e. The lowest BCUT2D eigenvalue weighted by atomic mass is 10.1. The molecule has 0 bridgehead atoms. The zero-order chi connectivity index (χ0) is 22.1. The molecule has 158 valence electrons. The lowest BCUT2D eigenvalue weighted by Crippen LogP contribution is -2.23. The number of benzene rings is 1. The van der Waals surface area contributed by atoms with Gasteiger partial charge in [0.1, 0.15) is 0 Å². The first-order valence-electron chi connectivity index (χ1n) is 9.97. The normalized spacial score (nSPS) is 11.0. The molecule has 0 unspecified atom stereocenters. The molecule has 0 saturated heterocycles. The van der Waals surface area contributed by atoms with Crippen LogP contribution in [0.3, 0.4) is 0 Å². The molecule has 0 aliphatic carbocycles. The summed E-state index contributed by atoms with van der Waals surface area (Å²) in [6.45, 7) is 6.16. The van der Waals surface area contributed by atoms with Crippen LogP contribution in [0.15, 0.2) is 41.8 Å². The van der Waals surface area contributed by atoms with Gasteiger partial charge in [-0.2, -0.15) is 5.10 Å². The second-order valence-electron chi connectivity index (χ2n) is 7.28. The Kier molecular flexibility index (Phi) is 5.56. The molecule has 0 aliphatic rings.